The van der Waals surface area contributed by atoms with Crippen molar-refractivity contribution in [3.05, 3.63) is 0 Å². The number of hydrogen-bond donors (Lipinski definition) is 0. The molecule has 2 aliphatic heterocycles. The molecule has 5 fully saturated rings. The van der Waals surface area contributed by atoms with Crippen molar-refractivity contribution in [3.8, 4) is 0 Å². The molecule has 44 heavy (non-hydrogen) atoms. The van der Waals surface area contributed by atoms with E-state index in [1.165, 1.54) is 0 Å². The molecule has 0 amide bonds. The predicted octanol–water partition coefficient (Wildman–Crippen LogP) is 5.61. The lowest BCUT2D eigenvalue weighted by Crippen LogP contribution is -2.63. The molecule has 2 spiro atoms. The van der Waals surface area contributed by atoms with Crippen LogP contribution in [0.3, 0.4) is 0 Å². The minimum Gasteiger partial charge on any atom is -0.462 e. The van der Waals surface area contributed by atoms with Crippen LogP contribution in [0, 0.1) is 10.8 Å². The first-order valence-electron chi connectivity index (χ1n) is 17.1. The smallest absolute Gasteiger partial charge is 0.311 e. The van der Waals surface area contributed by atoms with E-state index in [1.807, 2.05) is 41.5 Å². The fraction of sp³-hybridized carbons (Fsp3) is 0.941. The Morgan fingerprint density at radius 1 is 0.591 bits per heavy atom. The highest BCUT2D eigenvalue weighted by Crippen LogP contribution is 2.52. The van der Waals surface area contributed by atoms with E-state index >= 15 is 0 Å². The molecule has 0 aromatic carbocycles. The summed E-state index contributed by atoms with van der Waals surface area (Å²) in [7, 11) is 0. The van der Waals surface area contributed by atoms with Gasteiger partial charge in [-0.25, -0.2) is 0 Å². The maximum Gasteiger partial charge on any atom is 0.311 e. The van der Waals surface area contributed by atoms with Crippen LogP contribution in [0.15, 0.2) is 0 Å². The minimum absolute atomic E-state index is 0.148. The maximum absolute atomic E-state index is 12.5. The van der Waals surface area contributed by atoms with Crippen molar-refractivity contribution < 1.29 is 47.5 Å². The summed E-state index contributed by atoms with van der Waals surface area (Å²) in [6, 6.07) is 0. The van der Waals surface area contributed by atoms with E-state index in [0.717, 1.165) is 12.8 Å². The molecular weight excluding hydrogens is 568 g/mol. The van der Waals surface area contributed by atoms with Crippen molar-refractivity contribution in [1.29, 1.82) is 0 Å². The summed E-state index contributed by atoms with van der Waals surface area (Å²) in [5, 5.41) is 0. The number of esters is 2. The first kappa shape index (κ1) is 34.0. The highest BCUT2D eigenvalue weighted by atomic mass is 16.8. The van der Waals surface area contributed by atoms with Gasteiger partial charge in [-0.2, -0.15) is 0 Å². The van der Waals surface area contributed by atoms with Gasteiger partial charge in [0, 0.05) is 38.9 Å². The van der Waals surface area contributed by atoms with E-state index in [2.05, 4.69) is 13.8 Å². The Bertz CT molecular complexity index is 891. The Labute approximate surface area is 263 Å². The van der Waals surface area contributed by atoms with E-state index < -0.39 is 22.4 Å². The summed E-state index contributed by atoms with van der Waals surface area (Å²) in [4.78, 5) is 25.0. The van der Waals surface area contributed by atoms with Crippen molar-refractivity contribution in [2.45, 2.75) is 180 Å². The van der Waals surface area contributed by atoms with Crippen molar-refractivity contribution in [1.82, 2.24) is 0 Å². The third kappa shape index (κ3) is 7.15. The molecule has 0 unspecified atom stereocenters. The fourth-order valence-corrected chi connectivity index (χ4v) is 7.02. The van der Waals surface area contributed by atoms with Gasteiger partial charge in [-0.15, -0.1) is 0 Å². The van der Waals surface area contributed by atoms with Crippen molar-refractivity contribution in [2.24, 2.45) is 10.8 Å². The third-order valence-corrected chi connectivity index (χ3v) is 9.54. The van der Waals surface area contributed by atoms with Gasteiger partial charge >= 0.3 is 11.9 Å². The standard InChI is InChI=1S/C34H56O10/c1-9-19-37-23-25-27(43-33(41-25)15-11-21(12-16-33)39-29(35)31(3,4)5)24(38-20-10-2)28-26(23)42-34(44-28)17-13-22(14-18-34)40-30(36)32(6,7)8/h21-28H,9-20H2,1-8H3/t21?,22?,23?,24?,25-,26-,27+,28+,33?,34?. The van der Waals surface area contributed by atoms with Crippen LogP contribution >= 0.6 is 0 Å². The second-order valence-electron chi connectivity index (χ2n) is 15.5. The monoisotopic (exact) mass is 624 g/mol. The number of fused-ring (bicyclic) bond motifs is 2. The summed E-state index contributed by atoms with van der Waals surface area (Å²) in [6.07, 6.45) is 4.36. The van der Waals surface area contributed by atoms with Crippen molar-refractivity contribution >= 4 is 11.9 Å². The van der Waals surface area contributed by atoms with Gasteiger partial charge in [0.1, 0.15) is 48.8 Å². The van der Waals surface area contributed by atoms with Crippen LogP contribution < -0.4 is 0 Å². The van der Waals surface area contributed by atoms with Gasteiger partial charge < -0.3 is 37.9 Å². The van der Waals surface area contributed by atoms with Gasteiger partial charge in [0.15, 0.2) is 11.6 Å². The van der Waals surface area contributed by atoms with Gasteiger partial charge in [-0.1, -0.05) is 13.8 Å². The zero-order valence-corrected chi connectivity index (χ0v) is 28.2. The molecule has 0 radical (unpaired) electrons. The van der Waals surface area contributed by atoms with E-state index in [0.29, 0.717) is 64.6 Å². The molecule has 3 aliphatic carbocycles. The first-order valence-corrected chi connectivity index (χ1v) is 17.1. The predicted molar refractivity (Wildman–Crippen MR) is 161 cm³/mol. The minimum atomic E-state index is -0.785. The Kier molecular flexibility index (Phi) is 10.1. The fourth-order valence-electron chi connectivity index (χ4n) is 7.02. The van der Waals surface area contributed by atoms with Crippen molar-refractivity contribution in [2.75, 3.05) is 13.2 Å². The summed E-state index contributed by atoms with van der Waals surface area (Å²) < 4.78 is 52.1. The highest BCUT2D eigenvalue weighted by molar-refractivity contribution is 5.76. The molecule has 10 nitrogen and oxygen atoms in total. The van der Waals surface area contributed by atoms with Gasteiger partial charge in [-0.05, 0) is 80.1 Å². The van der Waals surface area contributed by atoms with Crippen LogP contribution in [0.1, 0.15) is 120 Å². The van der Waals surface area contributed by atoms with Crippen LogP contribution in [0.5, 0.6) is 0 Å². The molecule has 5 rings (SSSR count). The summed E-state index contributed by atoms with van der Waals surface area (Å²) >= 11 is 0. The molecule has 0 N–H and O–H groups in total. The quantitative estimate of drug-likeness (QED) is 0.316. The third-order valence-electron chi connectivity index (χ3n) is 9.54. The van der Waals surface area contributed by atoms with E-state index in [1.54, 1.807) is 0 Å². The molecule has 252 valence electrons. The molecule has 3 saturated carbocycles. The Hall–Kier alpha value is -1.30. The summed E-state index contributed by atoms with van der Waals surface area (Å²) in [5.41, 5.74) is -1.08. The number of carbonyl (C=O) groups excluding carboxylic acids is 2. The van der Waals surface area contributed by atoms with Crippen LogP contribution in [0.25, 0.3) is 0 Å². The zero-order chi connectivity index (χ0) is 31.9. The van der Waals surface area contributed by atoms with Crippen molar-refractivity contribution in [3.63, 3.8) is 0 Å². The lowest BCUT2D eigenvalue weighted by atomic mass is 9.84. The summed E-state index contributed by atoms with van der Waals surface area (Å²) in [5.74, 6) is -1.93. The molecule has 2 saturated heterocycles. The van der Waals surface area contributed by atoms with Crippen LogP contribution in [0.2, 0.25) is 0 Å². The van der Waals surface area contributed by atoms with E-state index in [-0.39, 0.29) is 60.8 Å². The molecule has 4 atom stereocenters. The number of hydrogen-bond acceptors (Lipinski definition) is 10. The second kappa shape index (κ2) is 13.1. The average molecular weight is 625 g/mol. The molecule has 0 aromatic rings. The average Bonchev–Trinajstić information content (AvgIpc) is 3.51. The number of rotatable bonds is 8. The second-order valence-corrected chi connectivity index (χ2v) is 15.5. The van der Waals surface area contributed by atoms with Gasteiger partial charge in [-0.3, -0.25) is 9.59 Å². The van der Waals surface area contributed by atoms with Gasteiger partial charge in [0.2, 0.25) is 0 Å². The molecule has 0 bridgehead atoms. The molecule has 10 heteroatoms. The van der Waals surface area contributed by atoms with E-state index in [9.17, 15) is 9.59 Å². The van der Waals surface area contributed by atoms with E-state index in [4.69, 9.17) is 37.9 Å². The Balaban J connectivity index is 1.30. The number of ether oxygens (including phenoxy) is 8. The largest absolute Gasteiger partial charge is 0.462 e. The SMILES string of the molecule is CCCOC1[C@H]2OC3(CCC(OC(=O)C(C)(C)C)CC3)O[C@H]2C(OCCC)[C@@H]2OC3(CCC(OC(=O)C(C)(C)C)CC3)O[C@H]12. The number of carbonyl (C=O) groups is 2. The highest BCUT2D eigenvalue weighted by Gasteiger charge is 2.67. The van der Waals surface area contributed by atoms with Gasteiger partial charge in [0.25, 0.3) is 0 Å². The first-order chi connectivity index (χ1) is 20.7. The molecule has 2 heterocycles. The topological polar surface area (TPSA) is 108 Å². The lowest BCUT2D eigenvalue weighted by molar-refractivity contribution is -0.238. The lowest BCUT2D eigenvalue weighted by Gasteiger charge is -2.42. The zero-order valence-electron chi connectivity index (χ0n) is 28.2. The molecule has 5 aliphatic rings. The Morgan fingerprint density at radius 2 is 0.886 bits per heavy atom. The van der Waals surface area contributed by atoms with Crippen LogP contribution in [0.4, 0.5) is 0 Å². The van der Waals surface area contributed by atoms with Crippen LogP contribution in [-0.4, -0.2) is 85.6 Å². The summed E-state index contributed by atoms with van der Waals surface area (Å²) in [6.45, 7) is 16.6. The maximum atomic E-state index is 12.5. The van der Waals surface area contributed by atoms with Gasteiger partial charge in [0.05, 0.1) is 10.8 Å². The molecule has 0 aromatic heterocycles. The normalized spacial score (nSPS) is 40.5. The molecular formula is C34H56O10. The Morgan fingerprint density at radius 3 is 1.14 bits per heavy atom. The van der Waals surface area contributed by atoms with Crippen LogP contribution in [-0.2, 0) is 47.5 Å².